The lowest BCUT2D eigenvalue weighted by Gasteiger charge is -2.63. The van der Waals surface area contributed by atoms with Gasteiger partial charge in [0, 0.05) is 39.5 Å². The van der Waals surface area contributed by atoms with Crippen molar-refractivity contribution in [2.45, 2.75) is 108 Å². The second-order valence-corrected chi connectivity index (χ2v) is 21.2. The Morgan fingerprint density at radius 3 is 1.63 bits per heavy atom. The van der Waals surface area contributed by atoms with Gasteiger partial charge in [-0.15, -0.1) is 0 Å². The molecule has 0 aliphatic heterocycles. The highest BCUT2D eigenvalue weighted by Crippen LogP contribution is 2.66. The minimum absolute atomic E-state index is 0.0745. The Bertz CT molecular complexity index is 2900. The lowest BCUT2D eigenvalue weighted by atomic mass is 9.42. The van der Waals surface area contributed by atoms with Gasteiger partial charge in [-0.05, 0) is 215 Å². The first-order chi connectivity index (χ1) is 31.7. The molecule has 324 valence electrons. The van der Waals surface area contributed by atoms with E-state index in [1.165, 1.54) is 136 Å². The molecule has 2 nitrogen and oxygen atoms in total. The van der Waals surface area contributed by atoms with Crippen LogP contribution in [0.3, 0.4) is 0 Å². The van der Waals surface area contributed by atoms with Gasteiger partial charge in [-0.3, -0.25) is 0 Å². The highest BCUT2D eigenvalue weighted by Gasteiger charge is 2.58. The van der Waals surface area contributed by atoms with Crippen molar-refractivity contribution in [3.05, 3.63) is 209 Å². The minimum atomic E-state index is -0.0745. The number of nitrogens with zero attached hydrogens (tertiary/aromatic N) is 2. The van der Waals surface area contributed by atoms with Crippen LogP contribution in [0.25, 0.3) is 17.2 Å². The van der Waals surface area contributed by atoms with Crippen molar-refractivity contribution in [3.63, 3.8) is 0 Å². The summed E-state index contributed by atoms with van der Waals surface area (Å²) in [5.74, 6) is 1.62. The predicted molar refractivity (Wildman–Crippen MR) is 274 cm³/mol. The Hall–Kier alpha value is -6.12. The van der Waals surface area contributed by atoms with Crippen LogP contribution in [0.1, 0.15) is 117 Å². The molecule has 2 unspecified atom stereocenters. The maximum atomic E-state index is 4.03. The first-order valence-corrected chi connectivity index (χ1v) is 24.7. The number of hydrogen-bond donors (Lipinski definition) is 0. The lowest BCUT2D eigenvalue weighted by molar-refractivity contribution is -0.0281. The number of aryl methyl sites for hydroxylation is 3. The third-order valence-corrected chi connectivity index (χ3v) is 16.9. The number of benzene rings is 7. The van der Waals surface area contributed by atoms with E-state index in [0.29, 0.717) is 0 Å². The first-order valence-electron chi connectivity index (χ1n) is 24.7. The summed E-state index contributed by atoms with van der Waals surface area (Å²) in [5, 5.41) is 0. The summed E-state index contributed by atoms with van der Waals surface area (Å²) in [6.07, 6.45) is 15.9. The Balaban J connectivity index is 0.908. The largest absolute Gasteiger partial charge is 0.311 e. The van der Waals surface area contributed by atoms with E-state index in [1.807, 2.05) is 6.08 Å². The Morgan fingerprint density at radius 2 is 1.05 bits per heavy atom. The number of fused-ring (bicyclic) bond motifs is 4. The summed E-state index contributed by atoms with van der Waals surface area (Å²) < 4.78 is 0. The lowest BCUT2D eigenvalue weighted by Crippen LogP contribution is -2.55. The van der Waals surface area contributed by atoms with Crippen LogP contribution in [-0.2, 0) is 35.5 Å². The molecule has 6 aliphatic rings. The Kier molecular flexibility index (Phi) is 9.64. The number of unbranched alkanes of at least 4 members (excludes halogenated alkanes) is 1. The van der Waals surface area contributed by atoms with Crippen molar-refractivity contribution in [2.24, 2.45) is 11.8 Å². The summed E-state index contributed by atoms with van der Waals surface area (Å²) in [6.45, 7) is 11.1. The van der Waals surface area contributed by atoms with Crippen molar-refractivity contribution in [3.8, 4) is 11.1 Å². The summed E-state index contributed by atoms with van der Waals surface area (Å²) in [7, 11) is 0. The molecule has 7 aromatic rings. The third kappa shape index (κ3) is 6.73. The van der Waals surface area contributed by atoms with Crippen LogP contribution in [0.15, 0.2) is 164 Å². The molecule has 13 rings (SSSR count). The summed E-state index contributed by atoms with van der Waals surface area (Å²) in [5.41, 5.74) is 21.8. The van der Waals surface area contributed by atoms with Crippen molar-refractivity contribution in [1.82, 2.24) is 0 Å². The molecular weight excluding hydrogens is 785 g/mol. The molecule has 0 saturated heterocycles. The molecule has 0 N–H and O–H groups in total. The zero-order valence-corrected chi connectivity index (χ0v) is 38.6. The second-order valence-electron chi connectivity index (χ2n) is 21.2. The van der Waals surface area contributed by atoms with Crippen molar-refractivity contribution >= 4 is 40.2 Å². The van der Waals surface area contributed by atoms with Gasteiger partial charge in [-0.25, -0.2) is 0 Å². The molecule has 65 heavy (non-hydrogen) atoms. The Labute approximate surface area is 387 Å². The van der Waals surface area contributed by atoms with Crippen LogP contribution in [0.4, 0.5) is 34.1 Å². The molecule has 2 atom stereocenters. The molecule has 0 spiro atoms. The molecule has 0 radical (unpaired) electrons. The average molecular weight is 847 g/mol. The van der Waals surface area contributed by atoms with Gasteiger partial charge >= 0.3 is 0 Å². The van der Waals surface area contributed by atoms with Crippen molar-refractivity contribution in [2.75, 3.05) is 9.80 Å². The third-order valence-electron chi connectivity index (χ3n) is 16.9. The average Bonchev–Trinajstić information content (AvgIpc) is 3.55. The summed E-state index contributed by atoms with van der Waals surface area (Å²) in [6, 6.07) is 61.3. The van der Waals surface area contributed by atoms with Crippen LogP contribution in [0.5, 0.6) is 0 Å². The molecule has 4 saturated carbocycles. The summed E-state index contributed by atoms with van der Waals surface area (Å²) >= 11 is 0. The maximum absolute atomic E-state index is 4.03. The normalized spacial score (nSPS) is 22.7. The fourth-order valence-corrected chi connectivity index (χ4v) is 13.9. The van der Waals surface area contributed by atoms with Crippen LogP contribution in [0.2, 0.25) is 0 Å². The van der Waals surface area contributed by atoms with Gasteiger partial charge in [0.1, 0.15) is 0 Å². The van der Waals surface area contributed by atoms with E-state index in [1.54, 1.807) is 11.1 Å². The standard InChI is InChI=1S/C63H62N2/c1-5-7-10-44-15-24-51(25-16-44)64(52-27-22-50(23-28-52)63-40-45-35-46(41-63)39-62(38-45,42-63)49-20-13-43(6-2)14-21-49)53-29-31-54(32-30-53)65(55-26-19-47-17-18-48(47)36-55)56-33-34-58-57-11-8-9-12-59(57)61(3,4)60(58)37-56/h6,8-9,11-16,19-34,36-37,45-46H,2,5,7,10,17-18,35,38-42H2,1,3-4H3. The zero-order chi connectivity index (χ0) is 43.9. The van der Waals surface area contributed by atoms with Crippen LogP contribution in [0, 0.1) is 11.8 Å². The predicted octanol–water partition coefficient (Wildman–Crippen LogP) is 16.8. The highest BCUT2D eigenvalue weighted by molar-refractivity contribution is 5.86. The van der Waals surface area contributed by atoms with Gasteiger partial charge in [0.05, 0.1) is 0 Å². The molecule has 4 fully saturated rings. The molecule has 0 aromatic heterocycles. The van der Waals surface area contributed by atoms with Gasteiger partial charge < -0.3 is 9.80 Å². The number of rotatable bonds is 12. The molecule has 4 bridgehead atoms. The van der Waals surface area contributed by atoms with Crippen LogP contribution < -0.4 is 9.80 Å². The monoisotopic (exact) mass is 846 g/mol. The molecule has 6 aliphatic carbocycles. The molecule has 0 heterocycles. The fourth-order valence-electron chi connectivity index (χ4n) is 13.9. The molecule has 7 aromatic carbocycles. The van der Waals surface area contributed by atoms with E-state index in [-0.39, 0.29) is 16.2 Å². The quantitative estimate of drug-likeness (QED) is 0.121. The highest BCUT2D eigenvalue weighted by atomic mass is 15.2. The first kappa shape index (κ1) is 40.4. The SMILES string of the molecule is C=Cc1ccc(C23CC4CC(C2)CC(c2ccc(N(c5ccc(CCCC)cc5)c5ccc(N(c6ccc7c(c6)CC7)c6ccc7c(c6)C(C)(C)c6ccccc6-7)cc5)cc2)(C4)C3)cc1. The van der Waals surface area contributed by atoms with E-state index < -0.39 is 0 Å². The molecular formula is C63H62N2. The van der Waals surface area contributed by atoms with E-state index >= 15 is 0 Å². The van der Waals surface area contributed by atoms with Crippen molar-refractivity contribution < 1.29 is 0 Å². The van der Waals surface area contributed by atoms with E-state index in [9.17, 15) is 0 Å². The topological polar surface area (TPSA) is 6.48 Å². The number of hydrogen-bond acceptors (Lipinski definition) is 2. The van der Waals surface area contributed by atoms with Gasteiger partial charge in [0.2, 0.25) is 0 Å². The van der Waals surface area contributed by atoms with Crippen molar-refractivity contribution in [1.29, 1.82) is 0 Å². The summed E-state index contributed by atoms with van der Waals surface area (Å²) in [4.78, 5) is 4.96. The second kappa shape index (κ2) is 15.5. The maximum Gasteiger partial charge on any atom is 0.0465 e. The van der Waals surface area contributed by atoms with E-state index in [4.69, 9.17) is 0 Å². The van der Waals surface area contributed by atoms with Gasteiger partial charge in [-0.1, -0.05) is 125 Å². The fraction of sp³-hybridized carbons (Fsp3) is 0.302. The molecule has 2 heteroatoms. The van der Waals surface area contributed by atoms with Gasteiger partial charge in [0.15, 0.2) is 0 Å². The van der Waals surface area contributed by atoms with Crippen LogP contribution in [-0.4, -0.2) is 0 Å². The van der Waals surface area contributed by atoms with Gasteiger partial charge in [-0.2, -0.15) is 0 Å². The Morgan fingerprint density at radius 1 is 0.538 bits per heavy atom. The molecule has 0 amide bonds. The minimum Gasteiger partial charge on any atom is -0.311 e. The van der Waals surface area contributed by atoms with E-state index in [0.717, 1.165) is 24.7 Å². The number of anilines is 6. The van der Waals surface area contributed by atoms with Crippen LogP contribution >= 0.6 is 0 Å². The van der Waals surface area contributed by atoms with E-state index in [2.05, 4.69) is 195 Å². The zero-order valence-electron chi connectivity index (χ0n) is 38.6. The van der Waals surface area contributed by atoms with Gasteiger partial charge in [0.25, 0.3) is 0 Å². The smallest absolute Gasteiger partial charge is 0.0465 e.